The average Bonchev–Trinajstić information content (AvgIpc) is 3.17. The summed E-state index contributed by atoms with van der Waals surface area (Å²) in [6, 6.07) is 14.2. The molecular weight excluding hydrogens is 250 g/mol. The fourth-order valence-corrected chi connectivity index (χ4v) is 2.07. The summed E-state index contributed by atoms with van der Waals surface area (Å²) in [7, 11) is 0. The molecule has 2 heterocycles. The van der Waals surface area contributed by atoms with Gasteiger partial charge < -0.3 is 9.73 Å². The SMILES string of the molecule is CC(NCc1ccco1)c1cnn(-c2ccccc2)c1. The smallest absolute Gasteiger partial charge is 0.117 e. The van der Waals surface area contributed by atoms with E-state index in [0.717, 1.165) is 17.0 Å². The molecule has 0 amide bonds. The molecule has 1 atom stereocenters. The van der Waals surface area contributed by atoms with Gasteiger partial charge in [0.2, 0.25) is 0 Å². The predicted molar refractivity (Wildman–Crippen MR) is 77.5 cm³/mol. The zero-order valence-electron chi connectivity index (χ0n) is 11.4. The van der Waals surface area contributed by atoms with Crippen molar-refractivity contribution in [1.29, 1.82) is 0 Å². The maximum Gasteiger partial charge on any atom is 0.117 e. The van der Waals surface area contributed by atoms with E-state index in [1.807, 2.05) is 53.3 Å². The van der Waals surface area contributed by atoms with Gasteiger partial charge in [0, 0.05) is 17.8 Å². The van der Waals surface area contributed by atoms with Gasteiger partial charge in [-0.2, -0.15) is 5.10 Å². The Bertz CT molecular complexity index is 643. The van der Waals surface area contributed by atoms with Crippen LogP contribution < -0.4 is 5.32 Å². The van der Waals surface area contributed by atoms with Gasteiger partial charge in [-0.25, -0.2) is 4.68 Å². The minimum Gasteiger partial charge on any atom is -0.468 e. The van der Waals surface area contributed by atoms with Crippen LogP contribution in [0.2, 0.25) is 0 Å². The van der Waals surface area contributed by atoms with E-state index in [1.165, 1.54) is 0 Å². The number of nitrogens with one attached hydrogen (secondary N) is 1. The van der Waals surface area contributed by atoms with Crippen molar-refractivity contribution in [3.05, 3.63) is 72.4 Å². The number of furan rings is 1. The molecule has 2 aromatic heterocycles. The van der Waals surface area contributed by atoms with Gasteiger partial charge in [0.1, 0.15) is 5.76 Å². The highest BCUT2D eigenvalue weighted by Gasteiger charge is 2.09. The van der Waals surface area contributed by atoms with Crippen LogP contribution in [0.25, 0.3) is 5.69 Å². The standard InChI is InChI=1S/C16H17N3O/c1-13(17-11-16-8-5-9-20-16)14-10-18-19(12-14)15-6-3-2-4-7-15/h2-10,12-13,17H,11H2,1H3. The lowest BCUT2D eigenvalue weighted by molar-refractivity contribution is 0.460. The van der Waals surface area contributed by atoms with Crippen molar-refractivity contribution >= 4 is 0 Å². The van der Waals surface area contributed by atoms with Crippen molar-refractivity contribution in [3.8, 4) is 5.69 Å². The minimum atomic E-state index is 0.220. The van der Waals surface area contributed by atoms with Crippen molar-refractivity contribution < 1.29 is 4.42 Å². The number of nitrogens with zero attached hydrogens (tertiary/aromatic N) is 2. The molecule has 0 aliphatic carbocycles. The van der Waals surface area contributed by atoms with E-state index in [-0.39, 0.29) is 6.04 Å². The summed E-state index contributed by atoms with van der Waals surface area (Å²) in [5.74, 6) is 0.937. The van der Waals surface area contributed by atoms with E-state index in [1.54, 1.807) is 6.26 Å². The number of para-hydroxylation sites is 1. The monoisotopic (exact) mass is 267 g/mol. The second kappa shape index (κ2) is 5.75. The van der Waals surface area contributed by atoms with Crippen LogP contribution in [0.4, 0.5) is 0 Å². The molecule has 1 unspecified atom stereocenters. The minimum absolute atomic E-state index is 0.220. The number of rotatable bonds is 5. The molecule has 0 aliphatic rings. The van der Waals surface area contributed by atoms with Gasteiger partial charge in [0.05, 0.1) is 24.7 Å². The molecule has 1 N–H and O–H groups in total. The summed E-state index contributed by atoms with van der Waals surface area (Å²) in [6.45, 7) is 2.83. The summed E-state index contributed by atoms with van der Waals surface area (Å²) in [5, 5.41) is 7.82. The quantitative estimate of drug-likeness (QED) is 0.771. The van der Waals surface area contributed by atoms with Gasteiger partial charge in [0.25, 0.3) is 0 Å². The van der Waals surface area contributed by atoms with E-state index < -0.39 is 0 Å². The fourth-order valence-electron chi connectivity index (χ4n) is 2.07. The first kappa shape index (κ1) is 12.7. The molecule has 0 bridgehead atoms. The molecule has 0 aliphatic heterocycles. The first-order valence-electron chi connectivity index (χ1n) is 6.69. The Hall–Kier alpha value is -2.33. The van der Waals surface area contributed by atoms with Gasteiger partial charge in [0.15, 0.2) is 0 Å². The fraction of sp³-hybridized carbons (Fsp3) is 0.188. The lowest BCUT2D eigenvalue weighted by atomic mass is 10.2. The van der Waals surface area contributed by atoms with Crippen LogP contribution in [0.1, 0.15) is 24.3 Å². The molecular formula is C16H17N3O. The Morgan fingerprint density at radius 2 is 2.05 bits per heavy atom. The Balaban J connectivity index is 1.67. The molecule has 4 heteroatoms. The summed E-state index contributed by atoms with van der Waals surface area (Å²) in [6.07, 6.45) is 5.64. The molecule has 0 saturated heterocycles. The van der Waals surface area contributed by atoms with Crippen molar-refractivity contribution in [3.63, 3.8) is 0 Å². The second-order valence-corrected chi connectivity index (χ2v) is 4.74. The van der Waals surface area contributed by atoms with Crippen LogP contribution in [0.5, 0.6) is 0 Å². The number of aromatic nitrogens is 2. The highest BCUT2D eigenvalue weighted by molar-refractivity contribution is 5.31. The normalized spacial score (nSPS) is 12.4. The number of hydrogen-bond donors (Lipinski definition) is 1. The third kappa shape index (κ3) is 2.81. The maximum atomic E-state index is 5.31. The summed E-state index contributed by atoms with van der Waals surface area (Å²) in [4.78, 5) is 0. The molecule has 0 radical (unpaired) electrons. The summed E-state index contributed by atoms with van der Waals surface area (Å²) < 4.78 is 7.20. The molecule has 3 rings (SSSR count). The van der Waals surface area contributed by atoms with E-state index in [0.29, 0.717) is 6.54 Å². The van der Waals surface area contributed by atoms with Crippen molar-refractivity contribution in [2.45, 2.75) is 19.5 Å². The molecule has 102 valence electrons. The zero-order valence-corrected chi connectivity index (χ0v) is 11.4. The Labute approximate surface area is 118 Å². The highest BCUT2D eigenvalue weighted by Crippen LogP contribution is 2.15. The molecule has 0 spiro atoms. The molecule has 0 saturated carbocycles. The zero-order chi connectivity index (χ0) is 13.8. The van der Waals surface area contributed by atoms with Crippen LogP contribution >= 0.6 is 0 Å². The van der Waals surface area contributed by atoms with Crippen LogP contribution in [0.15, 0.2) is 65.5 Å². The van der Waals surface area contributed by atoms with Crippen molar-refractivity contribution in [1.82, 2.24) is 15.1 Å². The van der Waals surface area contributed by atoms with Gasteiger partial charge in [-0.3, -0.25) is 0 Å². The van der Waals surface area contributed by atoms with E-state index in [4.69, 9.17) is 4.42 Å². The van der Waals surface area contributed by atoms with Gasteiger partial charge >= 0.3 is 0 Å². The van der Waals surface area contributed by atoms with Crippen LogP contribution in [0, 0.1) is 0 Å². The van der Waals surface area contributed by atoms with Crippen LogP contribution in [-0.2, 0) is 6.54 Å². The molecule has 0 fully saturated rings. The lowest BCUT2D eigenvalue weighted by Gasteiger charge is -2.10. The van der Waals surface area contributed by atoms with Gasteiger partial charge in [-0.15, -0.1) is 0 Å². The molecule has 1 aromatic carbocycles. The second-order valence-electron chi connectivity index (χ2n) is 4.74. The van der Waals surface area contributed by atoms with E-state index >= 15 is 0 Å². The van der Waals surface area contributed by atoms with Crippen molar-refractivity contribution in [2.75, 3.05) is 0 Å². The number of benzene rings is 1. The largest absolute Gasteiger partial charge is 0.468 e. The third-order valence-corrected chi connectivity index (χ3v) is 3.29. The first-order chi connectivity index (χ1) is 9.83. The number of hydrogen-bond acceptors (Lipinski definition) is 3. The Morgan fingerprint density at radius 3 is 2.80 bits per heavy atom. The van der Waals surface area contributed by atoms with Crippen LogP contribution in [0.3, 0.4) is 0 Å². The summed E-state index contributed by atoms with van der Waals surface area (Å²) in [5.41, 5.74) is 2.22. The lowest BCUT2D eigenvalue weighted by Crippen LogP contribution is -2.17. The third-order valence-electron chi connectivity index (χ3n) is 3.29. The Morgan fingerprint density at radius 1 is 1.20 bits per heavy atom. The topological polar surface area (TPSA) is 43.0 Å². The van der Waals surface area contributed by atoms with E-state index in [9.17, 15) is 0 Å². The molecule has 3 aromatic rings. The molecule has 4 nitrogen and oxygen atoms in total. The molecule has 20 heavy (non-hydrogen) atoms. The van der Waals surface area contributed by atoms with E-state index in [2.05, 4.69) is 23.5 Å². The summed E-state index contributed by atoms with van der Waals surface area (Å²) >= 11 is 0. The van der Waals surface area contributed by atoms with Crippen molar-refractivity contribution in [2.24, 2.45) is 0 Å². The average molecular weight is 267 g/mol. The maximum absolute atomic E-state index is 5.31. The Kier molecular flexibility index (Phi) is 3.65. The van der Waals surface area contributed by atoms with Gasteiger partial charge in [-0.1, -0.05) is 18.2 Å². The highest BCUT2D eigenvalue weighted by atomic mass is 16.3. The van der Waals surface area contributed by atoms with Gasteiger partial charge in [-0.05, 0) is 31.2 Å². The first-order valence-corrected chi connectivity index (χ1v) is 6.69. The van der Waals surface area contributed by atoms with Crippen LogP contribution in [-0.4, -0.2) is 9.78 Å². The predicted octanol–water partition coefficient (Wildman–Crippen LogP) is 3.32.